The van der Waals surface area contributed by atoms with Gasteiger partial charge in [0.15, 0.2) is 11.5 Å². The number of amides is 2. The number of nitrogens with zero attached hydrogens (tertiary/aromatic N) is 2. The van der Waals surface area contributed by atoms with Gasteiger partial charge in [-0.1, -0.05) is 48.5 Å². The molecule has 0 saturated carbocycles. The normalized spacial score (nSPS) is 13.4. The zero-order valence-corrected chi connectivity index (χ0v) is 23.8. The quantitative estimate of drug-likeness (QED) is 0.381. The largest absolute Gasteiger partial charge is 0.486 e. The molecule has 1 aliphatic rings. The Balaban J connectivity index is 1.69. The minimum Gasteiger partial charge on any atom is -0.486 e. The summed E-state index contributed by atoms with van der Waals surface area (Å²) in [5, 5.41) is 2.86. The summed E-state index contributed by atoms with van der Waals surface area (Å²) in [6.07, 6.45) is 0.501. The van der Waals surface area contributed by atoms with Gasteiger partial charge in [-0.2, -0.15) is 0 Å². The van der Waals surface area contributed by atoms with Crippen molar-refractivity contribution >= 4 is 27.5 Å². The summed E-state index contributed by atoms with van der Waals surface area (Å²) in [7, 11) is -4.15. The third-order valence-electron chi connectivity index (χ3n) is 6.51. The van der Waals surface area contributed by atoms with E-state index < -0.39 is 28.5 Å². The van der Waals surface area contributed by atoms with E-state index in [2.05, 4.69) is 5.32 Å². The highest BCUT2D eigenvalue weighted by Crippen LogP contribution is 2.35. The first kappa shape index (κ1) is 28.9. The van der Waals surface area contributed by atoms with Crippen molar-refractivity contribution in [2.24, 2.45) is 0 Å². The highest BCUT2D eigenvalue weighted by Gasteiger charge is 2.33. The summed E-state index contributed by atoms with van der Waals surface area (Å²) in [6, 6.07) is 21.4. The predicted molar refractivity (Wildman–Crippen MR) is 153 cm³/mol. The first-order valence-corrected chi connectivity index (χ1v) is 14.7. The fraction of sp³-hybridized carbons (Fsp3) is 0.333. The fourth-order valence-electron chi connectivity index (χ4n) is 4.41. The molecule has 0 spiro atoms. The third-order valence-corrected chi connectivity index (χ3v) is 8.29. The SMILES string of the molecule is CC(C)NC(=O)[C@H](C)N(CCc1ccccc1)C(=O)CN(c1ccc2c(c1)OCCO2)S(=O)(=O)c1ccccc1. The molecule has 1 heterocycles. The number of ether oxygens (including phenoxy) is 2. The Morgan fingerprint density at radius 1 is 0.875 bits per heavy atom. The Labute approximate surface area is 235 Å². The molecule has 0 radical (unpaired) electrons. The molecule has 212 valence electrons. The lowest BCUT2D eigenvalue weighted by Gasteiger charge is -2.32. The molecular formula is C30H35N3O6S. The number of fused-ring (bicyclic) bond motifs is 1. The van der Waals surface area contributed by atoms with Crippen LogP contribution >= 0.6 is 0 Å². The molecule has 1 N–H and O–H groups in total. The van der Waals surface area contributed by atoms with Crippen molar-refractivity contribution in [3.05, 3.63) is 84.4 Å². The predicted octanol–water partition coefficient (Wildman–Crippen LogP) is 3.64. The highest BCUT2D eigenvalue weighted by atomic mass is 32.2. The number of hydrogen-bond donors (Lipinski definition) is 1. The van der Waals surface area contributed by atoms with Crippen LogP contribution in [0.2, 0.25) is 0 Å². The topological polar surface area (TPSA) is 105 Å². The van der Waals surface area contributed by atoms with Gasteiger partial charge in [0.05, 0.1) is 10.6 Å². The van der Waals surface area contributed by atoms with E-state index in [9.17, 15) is 18.0 Å². The van der Waals surface area contributed by atoms with Gasteiger partial charge in [-0.25, -0.2) is 8.42 Å². The van der Waals surface area contributed by atoms with Crippen LogP contribution in [0.1, 0.15) is 26.3 Å². The van der Waals surface area contributed by atoms with Crippen molar-refractivity contribution in [2.45, 2.75) is 44.2 Å². The molecular weight excluding hydrogens is 530 g/mol. The molecule has 3 aromatic carbocycles. The average Bonchev–Trinajstić information content (AvgIpc) is 2.96. The van der Waals surface area contributed by atoms with Crippen LogP contribution in [-0.2, 0) is 26.0 Å². The van der Waals surface area contributed by atoms with Crippen molar-refractivity contribution in [3.63, 3.8) is 0 Å². The minimum absolute atomic E-state index is 0.0409. The average molecular weight is 566 g/mol. The van der Waals surface area contributed by atoms with Gasteiger partial charge in [0.25, 0.3) is 10.0 Å². The minimum atomic E-state index is -4.15. The molecule has 0 aliphatic carbocycles. The summed E-state index contributed by atoms with van der Waals surface area (Å²) in [4.78, 5) is 28.4. The molecule has 40 heavy (non-hydrogen) atoms. The van der Waals surface area contributed by atoms with Gasteiger partial charge in [-0.05, 0) is 57.0 Å². The second-order valence-electron chi connectivity index (χ2n) is 9.81. The zero-order valence-electron chi connectivity index (χ0n) is 22.9. The van der Waals surface area contributed by atoms with Gasteiger partial charge >= 0.3 is 0 Å². The zero-order chi connectivity index (χ0) is 28.7. The number of carbonyl (C=O) groups is 2. The Kier molecular flexibility index (Phi) is 9.31. The van der Waals surface area contributed by atoms with Gasteiger partial charge in [0.2, 0.25) is 11.8 Å². The Morgan fingerprint density at radius 2 is 1.50 bits per heavy atom. The molecule has 0 saturated heterocycles. The Hall–Kier alpha value is -4.05. The molecule has 1 atom stereocenters. The van der Waals surface area contributed by atoms with Crippen molar-refractivity contribution in [2.75, 3.05) is 30.6 Å². The van der Waals surface area contributed by atoms with Crippen LogP contribution in [0.3, 0.4) is 0 Å². The first-order chi connectivity index (χ1) is 19.2. The van der Waals surface area contributed by atoms with Crippen LogP contribution in [0.5, 0.6) is 11.5 Å². The number of rotatable bonds is 11. The van der Waals surface area contributed by atoms with Crippen molar-refractivity contribution in [1.82, 2.24) is 10.2 Å². The monoisotopic (exact) mass is 565 g/mol. The van der Waals surface area contributed by atoms with E-state index in [4.69, 9.17) is 9.47 Å². The fourth-order valence-corrected chi connectivity index (χ4v) is 5.84. The lowest BCUT2D eigenvalue weighted by Crippen LogP contribution is -2.53. The number of anilines is 1. The molecule has 2 amide bonds. The van der Waals surface area contributed by atoms with Gasteiger partial charge in [0, 0.05) is 18.7 Å². The van der Waals surface area contributed by atoms with Crippen LogP contribution in [0.4, 0.5) is 5.69 Å². The number of carbonyl (C=O) groups excluding carboxylic acids is 2. The van der Waals surface area contributed by atoms with Crippen LogP contribution < -0.4 is 19.1 Å². The van der Waals surface area contributed by atoms with Crippen LogP contribution in [-0.4, -0.2) is 63.5 Å². The molecule has 9 nitrogen and oxygen atoms in total. The van der Waals surface area contributed by atoms with E-state index in [1.807, 2.05) is 44.2 Å². The molecule has 0 bridgehead atoms. The second kappa shape index (κ2) is 12.9. The molecule has 10 heteroatoms. The summed E-state index contributed by atoms with van der Waals surface area (Å²) < 4.78 is 40.1. The second-order valence-corrected chi connectivity index (χ2v) is 11.7. The van der Waals surface area contributed by atoms with E-state index in [0.29, 0.717) is 31.1 Å². The Morgan fingerprint density at radius 3 is 2.15 bits per heavy atom. The van der Waals surface area contributed by atoms with Crippen LogP contribution in [0.15, 0.2) is 83.8 Å². The molecule has 1 aliphatic heterocycles. The van der Waals surface area contributed by atoms with E-state index in [1.54, 1.807) is 43.3 Å². The summed E-state index contributed by atoms with van der Waals surface area (Å²) in [5.41, 5.74) is 1.25. The van der Waals surface area contributed by atoms with E-state index >= 15 is 0 Å². The van der Waals surface area contributed by atoms with Crippen molar-refractivity contribution < 1.29 is 27.5 Å². The van der Waals surface area contributed by atoms with Crippen molar-refractivity contribution in [3.8, 4) is 11.5 Å². The van der Waals surface area contributed by atoms with E-state index in [-0.39, 0.29) is 29.1 Å². The first-order valence-electron chi connectivity index (χ1n) is 13.3. The Bertz CT molecular complexity index is 1410. The molecule has 0 unspecified atom stereocenters. The number of hydrogen-bond acceptors (Lipinski definition) is 6. The number of sulfonamides is 1. The van der Waals surface area contributed by atoms with Crippen LogP contribution in [0, 0.1) is 0 Å². The van der Waals surface area contributed by atoms with E-state index in [0.717, 1.165) is 9.87 Å². The third kappa shape index (κ3) is 6.93. The number of benzene rings is 3. The van der Waals surface area contributed by atoms with Gasteiger partial charge in [-0.3, -0.25) is 13.9 Å². The molecule has 3 aromatic rings. The van der Waals surface area contributed by atoms with Gasteiger partial charge in [-0.15, -0.1) is 0 Å². The lowest BCUT2D eigenvalue weighted by atomic mass is 10.1. The summed E-state index contributed by atoms with van der Waals surface area (Å²) in [6.45, 7) is 5.79. The van der Waals surface area contributed by atoms with Gasteiger partial charge in [0.1, 0.15) is 25.8 Å². The smallest absolute Gasteiger partial charge is 0.264 e. The maximum Gasteiger partial charge on any atom is 0.264 e. The van der Waals surface area contributed by atoms with Crippen molar-refractivity contribution in [1.29, 1.82) is 0 Å². The lowest BCUT2D eigenvalue weighted by molar-refractivity contribution is -0.139. The maximum absolute atomic E-state index is 13.9. The van der Waals surface area contributed by atoms with Gasteiger partial charge < -0.3 is 19.7 Å². The maximum atomic E-state index is 13.9. The molecule has 0 fully saturated rings. The standard InChI is InChI=1S/C30H35N3O6S/c1-22(2)31-30(35)23(3)32(17-16-24-10-6-4-7-11-24)29(34)21-33(40(36,37)26-12-8-5-9-13-26)25-14-15-27-28(20-25)39-19-18-38-27/h4-15,20,22-23H,16-19,21H2,1-3H3,(H,31,35)/t23-/m0/s1. The summed E-state index contributed by atoms with van der Waals surface area (Å²) in [5.74, 6) is 0.0851. The van der Waals surface area contributed by atoms with E-state index in [1.165, 1.54) is 17.0 Å². The number of nitrogens with one attached hydrogen (secondary N) is 1. The van der Waals surface area contributed by atoms with Crippen LogP contribution in [0.25, 0.3) is 0 Å². The molecule has 4 rings (SSSR count). The highest BCUT2D eigenvalue weighted by molar-refractivity contribution is 7.92. The summed E-state index contributed by atoms with van der Waals surface area (Å²) >= 11 is 0. The molecule has 0 aromatic heterocycles.